The summed E-state index contributed by atoms with van der Waals surface area (Å²) in [6.45, 7) is 2.31. The van der Waals surface area contributed by atoms with E-state index in [1.165, 1.54) is 16.0 Å². The van der Waals surface area contributed by atoms with Crippen LogP contribution in [0.2, 0.25) is 0 Å². The van der Waals surface area contributed by atoms with Crippen molar-refractivity contribution in [2.75, 3.05) is 24.2 Å². The minimum Gasteiger partial charge on any atom is -0.610 e. The maximum atomic E-state index is 12.6. The number of likely N-dealkylation sites (N-methyl/N-ethyl adjacent to an activating group) is 1. The van der Waals surface area contributed by atoms with Gasteiger partial charge in [0.1, 0.15) is 5.75 Å². The van der Waals surface area contributed by atoms with Gasteiger partial charge in [-0.25, -0.2) is 14.5 Å². The molecule has 0 aromatic carbocycles. The maximum Gasteiger partial charge on any atom is 0.341 e. The van der Waals surface area contributed by atoms with Crippen LogP contribution in [-0.4, -0.2) is 62.2 Å². The number of esters is 1. The van der Waals surface area contributed by atoms with Crippen LogP contribution in [-0.2, 0) is 15.9 Å². The van der Waals surface area contributed by atoms with E-state index in [0.717, 1.165) is 37.0 Å². The molecule has 9 nitrogen and oxygen atoms in total. The summed E-state index contributed by atoms with van der Waals surface area (Å²) < 4.78 is 18.3. The van der Waals surface area contributed by atoms with Crippen molar-refractivity contribution in [3.05, 3.63) is 30.1 Å². The Bertz CT molecular complexity index is 835. The van der Waals surface area contributed by atoms with Crippen molar-refractivity contribution in [3.8, 4) is 0 Å². The second-order valence-electron chi connectivity index (χ2n) is 6.60. The molecule has 2 aromatic rings. The minimum absolute atomic E-state index is 0.194. The average Bonchev–Trinajstić information content (AvgIpc) is 3.31. The normalized spacial score (nSPS) is 17.6. The van der Waals surface area contributed by atoms with Crippen molar-refractivity contribution in [2.24, 2.45) is 0 Å². The van der Waals surface area contributed by atoms with E-state index in [-0.39, 0.29) is 17.7 Å². The molecule has 2 aromatic heterocycles. The molecule has 29 heavy (non-hydrogen) atoms. The standard InChI is InChI=1S/C18H23N5O4S2/c1-3-4-5-6-10-29(26)17-21-20-16(28-17)23-14(12-22(2)18(23)25)27-15(24)13-8-7-9-19-11-13/h7-9,11,14H,3-6,10,12H2,1-2H3. The summed E-state index contributed by atoms with van der Waals surface area (Å²) in [6.07, 6.45) is 6.20. The molecule has 2 unspecified atom stereocenters. The molecule has 2 amide bonds. The molecule has 0 spiro atoms. The van der Waals surface area contributed by atoms with Gasteiger partial charge in [-0.15, -0.1) is 5.10 Å². The fourth-order valence-corrected chi connectivity index (χ4v) is 5.04. The number of ether oxygens (including phenoxy) is 1. The summed E-state index contributed by atoms with van der Waals surface area (Å²) in [4.78, 5) is 31.6. The molecule has 2 atom stereocenters. The highest BCUT2D eigenvalue weighted by atomic mass is 32.2. The van der Waals surface area contributed by atoms with Crippen LogP contribution >= 0.6 is 11.3 Å². The Kier molecular flexibility index (Phi) is 7.40. The van der Waals surface area contributed by atoms with Crippen LogP contribution in [0, 0.1) is 0 Å². The Morgan fingerprint density at radius 2 is 2.21 bits per heavy atom. The first-order valence-electron chi connectivity index (χ1n) is 9.38. The van der Waals surface area contributed by atoms with E-state index in [1.807, 2.05) is 0 Å². The quantitative estimate of drug-likeness (QED) is 0.257. The molecule has 11 heteroatoms. The lowest BCUT2D eigenvalue weighted by Crippen LogP contribution is -2.37. The number of nitrogens with zero attached hydrogens (tertiary/aromatic N) is 5. The van der Waals surface area contributed by atoms with Crippen LogP contribution in [0.15, 0.2) is 28.9 Å². The Labute approximate surface area is 176 Å². The Hall–Kier alpha value is -2.24. The number of anilines is 1. The highest BCUT2D eigenvalue weighted by molar-refractivity contribution is 7.93. The van der Waals surface area contributed by atoms with Gasteiger partial charge in [-0.05, 0) is 36.3 Å². The number of rotatable bonds is 9. The third-order valence-corrected chi connectivity index (χ3v) is 7.03. The predicted molar refractivity (Wildman–Crippen MR) is 109 cm³/mol. The average molecular weight is 438 g/mol. The van der Waals surface area contributed by atoms with Gasteiger partial charge in [0.15, 0.2) is 0 Å². The van der Waals surface area contributed by atoms with Gasteiger partial charge in [0, 0.05) is 30.6 Å². The van der Waals surface area contributed by atoms with E-state index in [2.05, 4.69) is 22.1 Å². The molecule has 1 fully saturated rings. The van der Waals surface area contributed by atoms with Crippen LogP contribution < -0.4 is 4.90 Å². The molecule has 1 aliphatic rings. The van der Waals surface area contributed by atoms with E-state index < -0.39 is 23.4 Å². The largest absolute Gasteiger partial charge is 0.610 e. The van der Waals surface area contributed by atoms with Crippen LogP contribution in [0.5, 0.6) is 0 Å². The molecule has 0 bridgehead atoms. The number of hydrogen-bond acceptors (Lipinski definition) is 8. The molecule has 0 radical (unpaired) electrons. The Morgan fingerprint density at radius 1 is 1.38 bits per heavy atom. The summed E-state index contributed by atoms with van der Waals surface area (Å²) in [5.74, 6) is -0.0671. The first-order valence-corrected chi connectivity index (χ1v) is 11.5. The summed E-state index contributed by atoms with van der Waals surface area (Å²) in [5, 5.41) is 8.29. The Morgan fingerprint density at radius 3 is 2.93 bits per heavy atom. The van der Waals surface area contributed by atoms with Crippen molar-refractivity contribution in [1.29, 1.82) is 0 Å². The van der Waals surface area contributed by atoms with Gasteiger partial charge >= 0.3 is 16.3 Å². The third-order valence-electron chi connectivity index (χ3n) is 4.37. The number of carbonyl (C=O) groups excluding carboxylic acids is 2. The minimum atomic E-state index is -1.26. The van der Waals surface area contributed by atoms with Crippen molar-refractivity contribution in [2.45, 2.75) is 43.2 Å². The van der Waals surface area contributed by atoms with Crippen molar-refractivity contribution >= 4 is 39.6 Å². The second kappa shape index (κ2) is 9.99. The molecule has 1 saturated heterocycles. The zero-order valence-corrected chi connectivity index (χ0v) is 17.9. The summed E-state index contributed by atoms with van der Waals surface area (Å²) in [5.41, 5.74) is 0.292. The van der Waals surface area contributed by atoms with E-state index >= 15 is 0 Å². The number of amides is 2. The van der Waals surface area contributed by atoms with Gasteiger partial charge in [0.25, 0.3) is 0 Å². The van der Waals surface area contributed by atoms with Crippen LogP contribution in [0.4, 0.5) is 9.93 Å². The van der Waals surface area contributed by atoms with Gasteiger partial charge < -0.3 is 14.2 Å². The predicted octanol–water partition coefficient (Wildman–Crippen LogP) is 2.68. The number of hydrogen-bond donors (Lipinski definition) is 0. The molecular formula is C18H23N5O4S2. The smallest absolute Gasteiger partial charge is 0.341 e. The third kappa shape index (κ3) is 5.22. The molecule has 1 aliphatic heterocycles. The lowest BCUT2D eigenvalue weighted by Gasteiger charge is -2.19. The SMILES string of the molecule is CCCCCC[S+]([O-])c1nnc(N2C(=O)N(C)CC2OC(=O)c2cccnc2)s1. The molecule has 3 rings (SSSR count). The zero-order chi connectivity index (χ0) is 20.8. The highest BCUT2D eigenvalue weighted by Crippen LogP contribution is 2.30. The molecule has 0 N–H and O–H groups in total. The lowest BCUT2D eigenvalue weighted by atomic mass is 10.2. The van der Waals surface area contributed by atoms with Gasteiger partial charge in [-0.1, -0.05) is 24.9 Å². The summed E-state index contributed by atoms with van der Waals surface area (Å²) in [7, 11) is 1.61. The molecule has 156 valence electrons. The van der Waals surface area contributed by atoms with E-state index in [0.29, 0.717) is 15.7 Å². The van der Waals surface area contributed by atoms with Gasteiger partial charge in [0.2, 0.25) is 11.4 Å². The van der Waals surface area contributed by atoms with Crippen molar-refractivity contribution in [3.63, 3.8) is 0 Å². The summed E-state index contributed by atoms with van der Waals surface area (Å²) in [6, 6.07) is 2.86. The molecule has 0 aliphatic carbocycles. The molecular weight excluding hydrogens is 414 g/mol. The fourth-order valence-electron chi connectivity index (χ4n) is 2.81. The molecule has 3 heterocycles. The van der Waals surface area contributed by atoms with Gasteiger partial charge in [-0.2, -0.15) is 0 Å². The fraction of sp³-hybridized carbons (Fsp3) is 0.500. The number of unbranched alkanes of at least 4 members (excludes halogenated alkanes) is 3. The second-order valence-corrected chi connectivity index (χ2v) is 9.30. The first kappa shape index (κ1) is 21.5. The zero-order valence-electron chi connectivity index (χ0n) is 16.3. The van der Waals surface area contributed by atoms with Crippen LogP contribution in [0.25, 0.3) is 0 Å². The van der Waals surface area contributed by atoms with E-state index in [1.54, 1.807) is 25.4 Å². The van der Waals surface area contributed by atoms with Crippen molar-refractivity contribution in [1.82, 2.24) is 20.1 Å². The number of urea groups is 1. The van der Waals surface area contributed by atoms with Crippen LogP contribution in [0.1, 0.15) is 43.0 Å². The number of carbonyl (C=O) groups is 2. The number of pyridine rings is 1. The maximum absolute atomic E-state index is 12.6. The molecule has 0 saturated carbocycles. The van der Waals surface area contributed by atoms with Gasteiger partial charge in [0.05, 0.1) is 12.1 Å². The highest BCUT2D eigenvalue weighted by Gasteiger charge is 2.41. The topological polar surface area (TPSA) is 112 Å². The van der Waals surface area contributed by atoms with E-state index in [9.17, 15) is 14.1 Å². The monoisotopic (exact) mass is 437 g/mol. The first-order chi connectivity index (χ1) is 14.0. The lowest BCUT2D eigenvalue weighted by molar-refractivity contribution is 0.0331. The van der Waals surface area contributed by atoms with Crippen molar-refractivity contribution < 1.29 is 18.9 Å². The number of aromatic nitrogens is 3. The Balaban J connectivity index is 1.69. The van der Waals surface area contributed by atoms with Gasteiger partial charge in [-0.3, -0.25) is 4.98 Å². The summed E-state index contributed by atoms with van der Waals surface area (Å²) >= 11 is -0.174. The van der Waals surface area contributed by atoms with Crippen LogP contribution in [0.3, 0.4) is 0 Å². The van der Waals surface area contributed by atoms with E-state index in [4.69, 9.17) is 4.74 Å².